The van der Waals surface area contributed by atoms with Crippen LogP contribution in [0.15, 0.2) is 18.2 Å². The molecule has 1 aliphatic rings. The highest BCUT2D eigenvalue weighted by Gasteiger charge is 2.34. The first-order valence-electron chi connectivity index (χ1n) is 6.86. The van der Waals surface area contributed by atoms with Gasteiger partial charge in [0.15, 0.2) is 0 Å². The van der Waals surface area contributed by atoms with Gasteiger partial charge in [-0.05, 0) is 31.9 Å². The molecular formula is C15H16N2O4. The van der Waals surface area contributed by atoms with E-state index in [1.165, 1.54) is 13.2 Å². The van der Waals surface area contributed by atoms with Crippen LogP contribution in [0.3, 0.4) is 0 Å². The summed E-state index contributed by atoms with van der Waals surface area (Å²) >= 11 is 0. The van der Waals surface area contributed by atoms with Crippen molar-refractivity contribution in [2.75, 3.05) is 7.11 Å². The molecule has 6 nitrogen and oxygen atoms in total. The molecule has 1 saturated carbocycles. The number of para-hydroxylation sites is 1. The lowest BCUT2D eigenvalue weighted by molar-refractivity contribution is -0.144. The minimum atomic E-state index is -1.03. The molecule has 1 aliphatic carbocycles. The summed E-state index contributed by atoms with van der Waals surface area (Å²) in [6, 6.07) is 4.37. The van der Waals surface area contributed by atoms with Crippen molar-refractivity contribution in [1.29, 1.82) is 0 Å². The van der Waals surface area contributed by atoms with Crippen molar-refractivity contribution in [1.82, 2.24) is 9.55 Å². The van der Waals surface area contributed by atoms with Gasteiger partial charge in [0.2, 0.25) is 0 Å². The van der Waals surface area contributed by atoms with Crippen LogP contribution in [0.25, 0.3) is 11.0 Å². The first kappa shape index (κ1) is 13.6. The SMILES string of the molecule is COC(=O)C(C)n1c(C2CC2)nc2cccc(C(=O)O)c21. The third kappa shape index (κ3) is 2.16. The van der Waals surface area contributed by atoms with Crippen molar-refractivity contribution in [3.63, 3.8) is 0 Å². The lowest BCUT2D eigenvalue weighted by atomic mass is 10.1. The van der Waals surface area contributed by atoms with Crippen molar-refractivity contribution < 1.29 is 19.4 Å². The average molecular weight is 288 g/mol. The summed E-state index contributed by atoms with van der Waals surface area (Å²) in [5, 5.41) is 9.39. The van der Waals surface area contributed by atoms with Gasteiger partial charge in [-0.25, -0.2) is 14.6 Å². The Bertz CT molecular complexity index is 731. The quantitative estimate of drug-likeness (QED) is 0.873. The van der Waals surface area contributed by atoms with Crippen LogP contribution in [0, 0.1) is 0 Å². The van der Waals surface area contributed by atoms with Crippen molar-refractivity contribution >= 4 is 23.0 Å². The fourth-order valence-corrected chi connectivity index (χ4v) is 2.64. The maximum atomic E-state index is 11.9. The Morgan fingerprint density at radius 3 is 2.71 bits per heavy atom. The standard InChI is InChI=1S/C15H16N2O4/c1-8(15(20)21-2)17-12-10(14(18)19)4-3-5-11(12)16-13(17)9-6-7-9/h3-5,8-9H,6-7H2,1-2H3,(H,18,19). The van der Waals surface area contributed by atoms with Crippen molar-refractivity contribution in [2.24, 2.45) is 0 Å². The number of aromatic nitrogens is 2. The van der Waals surface area contributed by atoms with E-state index in [9.17, 15) is 14.7 Å². The second-order valence-electron chi connectivity index (χ2n) is 5.29. The zero-order valence-corrected chi connectivity index (χ0v) is 11.9. The Labute approximate surface area is 121 Å². The van der Waals surface area contributed by atoms with E-state index in [0.29, 0.717) is 17.0 Å². The van der Waals surface area contributed by atoms with E-state index in [-0.39, 0.29) is 5.56 Å². The van der Waals surface area contributed by atoms with E-state index in [4.69, 9.17) is 4.74 Å². The lowest BCUT2D eigenvalue weighted by Gasteiger charge is -2.16. The van der Waals surface area contributed by atoms with Crippen LogP contribution >= 0.6 is 0 Å². The average Bonchev–Trinajstić information content (AvgIpc) is 3.25. The fourth-order valence-electron chi connectivity index (χ4n) is 2.64. The smallest absolute Gasteiger partial charge is 0.337 e. The minimum Gasteiger partial charge on any atom is -0.478 e. The highest BCUT2D eigenvalue weighted by molar-refractivity contribution is 6.01. The number of carbonyl (C=O) groups excluding carboxylic acids is 1. The number of methoxy groups -OCH3 is 1. The van der Waals surface area contributed by atoms with Crippen LogP contribution in [-0.4, -0.2) is 33.7 Å². The highest BCUT2D eigenvalue weighted by Crippen LogP contribution is 2.42. The maximum absolute atomic E-state index is 11.9. The highest BCUT2D eigenvalue weighted by atomic mass is 16.5. The number of hydrogen-bond donors (Lipinski definition) is 1. The summed E-state index contributed by atoms with van der Waals surface area (Å²) in [5.74, 6) is -0.361. The van der Waals surface area contributed by atoms with Crippen LogP contribution in [0.5, 0.6) is 0 Å². The van der Waals surface area contributed by atoms with Crippen molar-refractivity contribution in [3.8, 4) is 0 Å². The zero-order chi connectivity index (χ0) is 15.1. The molecule has 0 saturated heterocycles. The van der Waals surface area contributed by atoms with Gasteiger partial charge >= 0.3 is 11.9 Å². The molecule has 1 unspecified atom stereocenters. The number of carbonyl (C=O) groups is 2. The molecule has 110 valence electrons. The topological polar surface area (TPSA) is 81.4 Å². The predicted molar refractivity (Wildman–Crippen MR) is 75.4 cm³/mol. The third-order valence-corrected chi connectivity index (χ3v) is 3.84. The molecule has 1 aromatic carbocycles. The lowest BCUT2D eigenvalue weighted by Crippen LogP contribution is -2.20. The molecule has 0 amide bonds. The number of rotatable bonds is 4. The largest absolute Gasteiger partial charge is 0.478 e. The summed E-state index contributed by atoms with van der Waals surface area (Å²) in [7, 11) is 1.33. The van der Waals surface area contributed by atoms with Gasteiger partial charge in [0.1, 0.15) is 11.9 Å². The monoisotopic (exact) mass is 288 g/mol. The number of imidazole rings is 1. The summed E-state index contributed by atoms with van der Waals surface area (Å²) in [4.78, 5) is 27.9. The van der Waals surface area contributed by atoms with Gasteiger partial charge in [-0.3, -0.25) is 0 Å². The number of carboxylic acids is 1. The fraction of sp³-hybridized carbons (Fsp3) is 0.400. The summed E-state index contributed by atoms with van der Waals surface area (Å²) in [5.41, 5.74) is 1.25. The second-order valence-corrected chi connectivity index (χ2v) is 5.29. The Morgan fingerprint density at radius 2 is 2.14 bits per heavy atom. The molecule has 1 fully saturated rings. The van der Waals surface area contributed by atoms with Crippen molar-refractivity contribution in [3.05, 3.63) is 29.6 Å². The normalized spacial score (nSPS) is 15.9. The predicted octanol–water partition coefficient (Wildman–Crippen LogP) is 2.35. The number of carboxylic acid groups (broad SMARTS) is 1. The van der Waals surface area contributed by atoms with Gasteiger partial charge in [-0.1, -0.05) is 6.07 Å². The molecule has 1 aromatic heterocycles. The molecule has 1 heterocycles. The number of aromatic carboxylic acids is 1. The zero-order valence-electron chi connectivity index (χ0n) is 11.9. The number of benzene rings is 1. The van der Waals surface area contributed by atoms with E-state index in [0.717, 1.165) is 18.7 Å². The molecule has 0 spiro atoms. The van der Waals surface area contributed by atoms with Gasteiger partial charge < -0.3 is 14.4 Å². The maximum Gasteiger partial charge on any atom is 0.337 e. The Morgan fingerprint density at radius 1 is 1.43 bits per heavy atom. The third-order valence-electron chi connectivity index (χ3n) is 3.84. The molecule has 1 N–H and O–H groups in total. The van der Waals surface area contributed by atoms with E-state index < -0.39 is 18.0 Å². The summed E-state index contributed by atoms with van der Waals surface area (Å²) < 4.78 is 6.53. The van der Waals surface area contributed by atoms with E-state index in [1.807, 2.05) is 0 Å². The van der Waals surface area contributed by atoms with Crippen LogP contribution in [0.4, 0.5) is 0 Å². The molecule has 0 radical (unpaired) electrons. The number of fused-ring (bicyclic) bond motifs is 1. The van der Waals surface area contributed by atoms with Crippen LogP contribution in [0.2, 0.25) is 0 Å². The van der Waals surface area contributed by atoms with Crippen LogP contribution in [0.1, 0.15) is 47.9 Å². The number of hydrogen-bond acceptors (Lipinski definition) is 4. The van der Waals surface area contributed by atoms with E-state index >= 15 is 0 Å². The molecule has 0 bridgehead atoms. The molecule has 1 atom stereocenters. The van der Waals surface area contributed by atoms with E-state index in [1.54, 1.807) is 23.6 Å². The van der Waals surface area contributed by atoms with Crippen molar-refractivity contribution in [2.45, 2.75) is 31.7 Å². The molecule has 2 aromatic rings. The number of ether oxygens (including phenoxy) is 1. The summed E-state index contributed by atoms with van der Waals surface area (Å²) in [6.07, 6.45) is 2.03. The first-order valence-corrected chi connectivity index (χ1v) is 6.86. The second kappa shape index (κ2) is 4.87. The summed E-state index contributed by atoms with van der Waals surface area (Å²) in [6.45, 7) is 1.71. The molecule has 3 rings (SSSR count). The molecule has 0 aliphatic heterocycles. The van der Waals surface area contributed by atoms with Gasteiger partial charge in [0.05, 0.1) is 23.7 Å². The van der Waals surface area contributed by atoms with Gasteiger partial charge in [-0.15, -0.1) is 0 Å². The number of esters is 1. The molecular weight excluding hydrogens is 272 g/mol. The van der Waals surface area contributed by atoms with Gasteiger partial charge in [-0.2, -0.15) is 0 Å². The Kier molecular flexibility index (Phi) is 3.16. The molecule has 21 heavy (non-hydrogen) atoms. The first-order chi connectivity index (χ1) is 10.0. The Hall–Kier alpha value is -2.37. The van der Waals surface area contributed by atoms with E-state index in [2.05, 4.69) is 4.98 Å². The van der Waals surface area contributed by atoms with Crippen LogP contribution < -0.4 is 0 Å². The molecule has 6 heteroatoms. The van der Waals surface area contributed by atoms with Gasteiger partial charge in [0.25, 0.3) is 0 Å². The van der Waals surface area contributed by atoms with Crippen LogP contribution in [-0.2, 0) is 9.53 Å². The van der Waals surface area contributed by atoms with Gasteiger partial charge in [0, 0.05) is 5.92 Å². The number of nitrogens with zero attached hydrogens (tertiary/aromatic N) is 2. The Balaban J connectivity index is 2.29. The minimum absolute atomic E-state index is 0.155.